The number of hydrogen-bond donors (Lipinski definition) is 1. The quantitative estimate of drug-likeness (QED) is 0.759. The van der Waals surface area contributed by atoms with Crippen molar-refractivity contribution >= 4 is 0 Å². The molecule has 0 heterocycles. The van der Waals surface area contributed by atoms with Gasteiger partial charge in [0.1, 0.15) is 12.4 Å². The molecule has 2 fully saturated rings. The predicted octanol–water partition coefficient (Wildman–Crippen LogP) is 4.17. The summed E-state index contributed by atoms with van der Waals surface area (Å²) in [5.74, 6) is 3.84. The molecular weight excluding hydrogens is 258 g/mol. The third kappa shape index (κ3) is 3.49. The molecular formula is C19H27NO. The van der Waals surface area contributed by atoms with E-state index in [1.54, 1.807) is 6.08 Å². The number of hydrogen-bond acceptors (Lipinski definition) is 2. The standard InChI is InChI=1S/C19H27NO/c1-3-10-21-18-8-5-15(6-9-18)13-20-14(2)19-12-16-4-7-17(19)11-16/h3,5-6,8-9,14,16-17,19-20H,1,4,7,10-13H2,2H3. The van der Waals surface area contributed by atoms with Crippen LogP contribution >= 0.6 is 0 Å². The van der Waals surface area contributed by atoms with Crippen LogP contribution in [0.2, 0.25) is 0 Å². The third-order valence-corrected chi connectivity index (χ3v) is 5.35. The Balaban J connectivity index is 1.47. The number of ether oxygens (including phenoxy) is 1. The van der Waals surface area contributed by atoms with Crippen LogP contribution in [0.5, 0.6) is 5.75 Å². The Morgan fingerprint density at radius 3 is 2.71 bits per heavy atom. The molecule has 1 N–H and O–H groups in total. The summed E-state index contributed by atoms with van der Waals surface area (Å²) in [5, 5.41) is 3.73. The number of fused-ring (bicyclic) bond motifs is 2. The van der Waals surface area contributed by atoms with Crippen molar-refractivity contribution in [3.63, 3.8) is 0 Å². The Morgan fingerprint density at radius 2 is 2.10 bits per heavy atom. The van der Waals surface area contributed by atoms with Crippen LogP contribution in [0.15, 0.2) is 36.9 Å². The highest BCUT2D eigenvalue weighted by atomic mass is 16.5. The highest BCUT2D eigenvalue weighted by Gasteiger charge is 2.41. The van der Waals surface area contributed by atoms with E-state index >= 15 is 0 Å². The lowest BCUT2D eigenvalue weighted by Gasteiger charge is -2.28. The van der Waals surface area contributed by atoms with E-state index in [4.69, 9.17) is 4.74 Å². The average molecular weight is 285 g/mol. The predicted molar refractivity (Wildman–Crippen MR) is 87.4 cm³/mol. The van der Waals surface area contributed by atoms with Gasteiger partial charge in [0.25, 0.3) is 0 Å². The van der Waals surface area contributed by atoms with Crippen LogP contribution in [0.1, 0.15) is 38.2 Å². The molecule has 4 atom stereocenters. The van der Waals surface area contributed by atoms with Crippen molar-refractivity contribution in [2.75, 3.05) is 6.61 Å². The summed E-state index contributed by atoms with van der Waals surface area (Å²) < 4.78 is 5.51. The second kappa shape index (κ2) is 6.65. The summed E-state index contributed by atoms with van der Waals surface area (Å²) in [4.78, 5) is 0. The molecule has 2 heteroatoms. The molecule has 2 nitrogen and oxygen atoms in total. The van der Waals surface area contributed by atoms with E-state index < -0.39 is 0 Å². The molecule has 0 amide bonds. The van der Waals surface area contributed by atoms with Gasteiger partial charge in [0.2, 0.25) is 0 Å². The van der Waals surface area contributed by atoms with E-state index in [2.05, 4.69) is 31.0 Å². The van der Waals surface area contributed by atoms with E-state index in [1.807, 2.05) is 12.1 Å². The smallest absolute Gasteiger partial charge is 0.119 e. The first-order valence-corrected chi connectivity index (χ1v) is 8.32. The second-order valence-electron chi connectivity index (χ2n) is 6.75. The maximum atomic E-state index is 5.51. The van der Waals surface area contributed by atoms with Crippen molar-refractivity contribution in [1.29, 1.82) is 0 Å². The molecule has 1 aromatic carbocycles. The maximum absolute atomic E-state index is 5.51. The fourth-order valence-electron chi connectivity index (χ4n) is 4.20. The Hall–Kier alpha value is -1.28. The largest absolute Gasteiger partial charge is 0.490 e. The topological polar surface area (TPSA) is 21.3 Å². The number of rotatable bonds is 7. The summed E-state index contributed by atoms with van der Waals surface area (Å²) in [7, 11) is 0. The summed E-state index contributed by atoms with van der Waals surface area (Å²) in [5.41, 5.74) is 1.33. The first-order valence-electron chi connectivity index (χ1n) is 8.32. The minimum atomic E-state index is 0.568. The lowest BCUT2D eigenvalue weighted by molar-refractivity contribution is 0.259. The molecule has 0 saturated heterocycles. The van der Waals surface area contributed by atoms with Gasteiger partial charge in [-0.15, -0.1) is 0 Å². The molecule has 0 radical (unpaired) electrons. The summed E-state index contributed by atoms with van der Waals surface area (Å²) in [6.45, 7) is 7.55. The SMILES string of the molecule is C=CCOc1ccc(CNC(C)C2CC3CCC2C3)cc1. The average Bonchev–Trinajstić information content (AvgIpc) is 3.14. The van der Waals surface area contributed by atoms with Gasteiger partial charge in [-0.2, -0.15) is 0 Å². The lowest BCUT2D eigenvalue weighted by Crippen LogP contribution is -2.35. The van der Waals surface area contributed by atoms with Crippen LogP contribution in [-0.2, 0) is 6.54 Å². The van der Waals surface area contributed by atoms with Gasteiger partial charge in [-0.05, 0) is 61.6 Å². The summed E-state index contributed by atoms with van der Waals surface area (Å²) in [6.07, 6.45) is 7.67. The van der Waals surface area contributed by atoms with Gasteiger partial charge in [-0.1, -0.05) is 31.2 Å². The zero-order valence-electron chi connectivity index (χ0n) is 13.1. The Bertz CT molecular complexity index is 467. The Labute approximate surface area is 128 Å². The minimum absolute atomic E-state index is 0.568. The lowest BCUT2D eigenvalue weighted by atomic mass is 9.84. The van der Waals surface area contributed by atoms with Crippen molar-refractivity contribution in [3.8, 4) is 5.75 Å². The summed E-state index contributed by atoms with van der Waals surface area (Å²) >= 11 is 0. The van der Waals surface area contributed by atoms with Gasteiger partial charge in [0.15, 0.2) is 0 Å². The highest BCUT2D eigenvalue weighted by Crippen LogP contribution is 2.49. The van der Waals surface area contributed by atoms with Gasteiger partial charge in [-0.25, -0.2) is 0 Å². The highest BCUT2D eigenvalue weighted by molar-refractivity contribution is 5.27. The van der Waals surface area contributed by atoms with Crippen molar-refractivity contribution in [1.82, 2.24) is 5.32 Å². The van der Waals surface area contributed by atoms with Crippen LogP contribution in [0.25, 0.3) is 0 Å². The maximum Gasteiger partial charge on any atom is 0.119 e. The van der Waals surface area contributed by atoms with E-state index in [1.165, 1.54) is 31.2 Å². The van der Waals surface area contributed by atoms with Gasteiger partial charge >= 0.3 is 0 Å². The monoisotopic (exact) mass is 285 g/mol. The van der Waals surface area contributed by atoms with Gasteiger partial charge in [-0.3, -0.25) is 0 Å². The zero-order valence-corrected chi connectivity index (χ0v) is 13.1. The minimum Gasteiger partial charge on any atom is -0.490 e. The van der Waals surface area contributed by atoms with Crippen molar-refractivity contribution in [2.45, 2.75) is 45.2 Å². The number of nitrogens with one attached hydrogen (secondary N) is 1. The van der Waals surface area contributed by atoms with Crippen molar-refractivity contribution in [2.24, 2.45) is 17.8 Å². The van der Waals surface area contributed by atoms with E-state index in [0.29, 0.717) is 12.6 Å². The zero-order chi connectivity index (χ0) is 14.7. The fraction of sp³-hybridized carbons (Fsp3) is 0.579. The van der Waals surface area contributed by atoms with Gasteiger partial charge in [0, 0.05) is 12.6 Å². The molecule has 1 aromatic rings. The molecule has 0 aromatic heterocycles. The van der Waals surface area contributed by atoms with Gasteiger partial charge in [0.05, 0.1) is 0 Å². The first-order chi connectivity index (χ1) is 10.3. The van der Waals surface area contributed by atoms with Crippen molar-refractivity contribution in [3.05, 3.63) is 42.5 Å². The first kappa shape index (κ1) is 14.6. The van der Waals surface area contributed by atoms with Gasteiger partial charge < -0.3 is 10.1 Å². The van der Waals surface area contributed by atoms with Crippen LogP contribution in [-0.4, -0.2) is 12.6 Å². The molecule has 21 heavy (non-hydrogen) atoms. The van der Waals surface area contributed by atoms with Crippen molar-refractivity contribution < 1.29 is 4.74 Å². The van der Waals surface area contributed by atoms with Crippen LogP contribution in [0, 0.1) is 17.8 Å². The molecule has 4 unspecified atom stereocenters. The fourth-order valence-corrected chi connectivity index (χ4v) is 4.20. The molecule has 2 saturated carbocycles. The second-order valence-corrected chi connectivity index (χ2v) is 6.75. The molecule has 0 spiro atoms. The van der Waals surface area contributed by atoms with Crippen LogP contribution in [0.4, 0.5) is 0 Å². The summed E-state index contributed by atoms with van der Waals surface area (Å²) in [6, 6.07) is 9.03. The van der Waals surface area contributed by atoms with E-state index in [0.717, 1.165) is 30.0 Å². The Morgan fingerprint density at radius 1 is 1.29 bits per heavy atom. The molecule has 114 valence electrons. The van der Waals surface area contributed by atoms with Crippen LogP contribution < -0.4 is 10.1 Å². The molecule has 2 aliphatic rings. The molecule has 2 aliphatic carbocycles. The molecule has 0 aliphatic heterocycles. The van der Waals surface area contributed by atoms with E-state index in [-0.39, 0.29) is 0 Å². The number of benzene rings is 1. The normalized spacial score (nSPS) is 28.5. The Kier molecular flexibility index (Phi) is 4.64. The van der Waals surface area contributed by atoms with Crippen LogP contribution in [0.3, 0.4) is 0 Å². The molecule has 3 rings (SSSR count). The molecule has 2 bridgehead atoms. The van der Waals surface area contributed by atoms with E-state index in [9.17, 15) is 0 Å². The third-order valence-electron chi connectivity index (χ3n) is 5.35.